The molecule has 20 heavy (non-hydrogen) atoms. The van der Waals surface area contributed by atoms with Crippen LogP contribution in [0, 0.1) is 19.8 Å². The topological polar surface area (TPSA) is 9.23 Å². The Kier molecular flexibility index (Phi) is 7.60. The fraction of sp³-hybridized carbons (Fsp3) is 0.647. The van der Waals surface area contributed by atoms with Gasteiger partial charge >= 0.3 is 0 Å². The zero-order valence-corrected chi connectivity index (χ0v) is 16.4. The third kappa shape index (κ3) is 4.00. The van der Waals surface area contributed by atoms with Crippen molar-refractivity contribution in [2.45, 2.75) is 58.2 Å². The van der Waals surface area contributed by atoms with Crippen LogP contribution in [0.25, 0.3) is 0 Å². The van der Waals surface area contributed by atoms with Gasteiger partial charge in [-0.3, -0.25) is 0 Å². The number of benzene rings is 1. The molecule has 0 saturated heterocycles. The summed E-state index contributed by atoms with van der Waals surface area (Å²) in [6.45, 7) is 8.81. The van der Waals surface area contributed by atoms with Crippen molar-refractivity contribution < 1.29 is 4.74 Å². The van der Waals surface area contributed by atoms with E-state index in [1.54, 1.807) is 7.11 Å². The van der Waals surface area contributed by atoms with E-state index in [1.165, 1.54) is 46.8 Å². The Morgan fingerprint density at radius 3 is 2.15 bits per heavy atom. The third-order valence-electron chi connectivity index (χ3n) is 3.92. The van der Waals surface area contributed by atoms with E-state index in [1.807, 2.05) is 0 Å². The first-order valence-corrected chi connectivity index (χ1v) is 9.16. The van der Waals surface area contributed by atoms with Crippen LogP contribution in [0.2, 0.25) is 0 Å². The van der Waals surface area contributed by atoms with E-state index in [0.29, 0.717) is 10.7 Å². The fourth-order valence-electron chi connectivity index (χ4n) is 2.89. The second-order valence-corrected chi connectivity index (χ2v) is 7.33. The van der Waals surface area contributed by atoms with Crippen molar-refractivity contribution in [3.63, 3.8) is 0 Å². The second kappa shape index (κ2) is 8.43. The first-order valence-electron chi connectivity index (χ1n) is 7.45. The highest BCUT2D eigenvalue weighted by Crippen LogP contribution is 2.45. The Balaban J connectivity index is 3.28. The highest BCUT2D eigenvalue weighted by atomic mass is 79.9. The molecule has 1 unspecified atom stereocenters. The van der Waals surface area contributed by atoms with Gasteiger partial charge in [0.2, 0.25) is 0 Å². The molecule has 3 heteroatoms. The maximum atomic E-state index is 5.69. The van der Waals surface area contributed by atoms with Crippen molar-refractivity contribution >= 4 is 31.9 Å². The van der Waals surface area contributed by atoms with Gasteiger partial charge in [0, 0.05) is 14.9 Å². The van der Waals surface area contributed by atoms with Gasteiger partial charge in [-0.25, -0.2) is 0 Å². The lowest BCUT2D eigenvalue weighted by molar-refractivity contribution is 0.388. The van der Waals surface area contributed by atoms with Crippen LogP contribution in [0.1, 0.15) is 61.0 Å². The Morgan fingerprint density at radius 1 is 1.15 bits per heavy atom. The van der Waals surface area contributed by atoms with E-state index in [2.05, 4.69) is 65.6 Å². The summed E-state index contributed by atoms with van der Waals surface area (Å²) in [4.78, 5) is 0.355. The standard InChI is InChI=1S/C17H26Br2O/c1-6-8-13(9-7-2)16(19)15-12(4)14(18)10-11(3)17(15)20-5/h10,13,16H,6-9H2,1-5H3. The second-order valence-electron chi connectivity index (χ2n) is 5.49. The Morgan fingerprint density at radius 2 is 1.70 bits per heavy atom. The first kappa shape index (κ1) is 18.0. The molecule has 0 spiro atoms. The lowest BCUT2D eigenvalue weighted by atomic mass is 9.88. The predicted octanol–water partition coefficient (Wildman–Crippen LogP) is 6.73. The number of aryl methyl sites for hydroxylation is 1. The van der Waals surface area contributed by atoms with Crippen LogP contribution in [-0.2, 0) is 0 Å². The smallest absolute Gasteiger partial charge is 0.126 e. The van der Waals surface area contributed by atoms with Gasteiger partial charge in [0.05, 0.1) is 7.11 Å². The lowest BCUT2D eigenvalue weighted by Gasteiger charge is -2.26. The van der Waals surface area contributed by atoms with E-state index < -0.39 is 0 Å². The summed E-state index contributed by atoms with van der Waals surface area (Å²) in [5.74, 6) is 1.69. The number of rotatable bonds is 7. The summed E-state index contributed by atoms with van der Waals surface area (Å²) in [5.41, 5.74) is 3.79. The number of hydrogen-bond acceptors (Lipinski definition) is 1. The highest BCUT2D eigenvalue weighted by Gasteiger charge is 2.26. The molecule has 0 aliphatic heterocycles. The van der Waals surface area contributed by atoms with Crippen LogP contribution in [0.5, 0.6) is 5.75 Å². The number of ether oxygens (including phenoxy) is 1. The van der Waals surface area contributed by atoms with Crippen molar-refractivity contribution in [3.8, 4) is 5.75 Å². The van der Waals surface area contributed by atoms with Crippen molar-refractivity contribution in [2.24, 2.45) is 5.92 Å². The van der Waals surface area contributed by atoms with Gasteiger partial charge < -0.3 is 4.74 Å². The maximum Gasteiger partial charge on any atom is 0.126 e. The largest absolute Gasteiger partial charge is 0.496 e. The van der Waals surface area contributed by atoms with Crippen LogP contribution in [0.15, 0.2) is 10.5 Å². The summed E-state index contributed by atoms with van der Waals surface area (Å²) in [6.07, 6.45) is 4.94. The van der Waals surface area contributed by atoms with Gasteiger partial charge in [0.25, 0.3) is 0 Å². The minimum absolute atomic E-state index is 0.355. The molecule has 0 aromatic heterocycles. The van der Waals surface area contributed by atoms with Crippen LogP contribution in [-0.4, -0.2) is 7.11 Å². The molecular formula is C17H26Br2O. The minimum Gasteiger partial charge on any atom is -0.496 e. The van der Waals surface area contributed by atoms with Crippen molar-refractivity contribution in [1.82, 2.24) is 0 Å². The SMILES string of the molecule is CCCC(CCC)C(Br)c1c(C)c(Br)cc(C)c1OC. The molecule has 0 bridgehead atoms. The molecule has 0 saturated carbocycles. The molecule has 1 aromatic carbocycles. The molecule has 0 aliphatic rings. The average Bonchev–Trinajstić information content (AvgIpc) is 2.41. The monoisotopic (exact) mass is 404 g/mol. The summed E-state index contributed by atoms with van der Waals surface area (Å²) in [5, 5.41) is 0. The molecule has 1 aromatic rings. The first-order chi connectivity index (χ1) is 9.47. The van der Waals surface area contributed by atoms with Crippen molar-refractivity contribution in [2.75, 3.05) is 7.11 Å². The van der Waals surface area contributed by atoms with Crippen LogP contribution < -0.4 is 4.74 Å². The number of halogens is 2. The van der Waals surface area contributed by atoms with E-state index in [0.717, 1.165) is 5.75 Å². The van der Waals surface area contributed by atoms with E-state index >= 15 is 0 Å². The van der Waals surface area contributed by atoms with Gasteiger partial charge in [-0.1, -0.05) is 58.5 Å². The molecule has 114 valence electrons. The van der Waals surface area contributed by atoms with E-state index in [-0.39, 0.29) is 0 Å². The summed E-state index contributed by atoms with van der Waals surface area (Å²) < 4.78 is 6.86. The summed E-state index contributed by atoms with van der Waals surface area (Å²) >= 11 is 7.64. The molecule has 0 fully saturated rings. The van der Waals surface area contributed by atoms with Gasteiger partial charge in [-0.05, 0) is 49.8 Å². The summed E-state index contributed by atoms with van der Waals surface area (Å²) in [6, 6.07) is 2.14. The summed E-state index contributed by atoms with van der Waals surface area (Å²) in [7, 11) is 1.77. The molecule has 0 amide bonds. The highest BCUT2D eigenvalue weighted by molar-refractivity contribution is 9.10. The number of alkyl halides is 1. The maximum absolute atomic E-state index is 5.69. The van der Waals surface area contributed by atoms with Gasteiger partial charge in [0.1, 0.15) is 5.75 Å². The molecule has 0 radical (unpaired) electrons. The molecule has 1 nitrogen and oxygen atoms in total. The number of methoxy groups -OCH3 is 1. The molecular weight excluding hydrogens is 380 g/mol. The minimum atomic E-state index is 0.355. The zero-order valence-electron chi connectivity index (χ0n) is 13.2. The predicted molar refractivity (Wildman–Crippen MR) is 95.1 cm³/mol. The zero-order chi connectivity index (χ0) is 15.3. The Hall–Kier alpha value is -0.0200. The van der Waals surface area contributed by atoms with Gasteiger partial charge in [-0.15, -0.1) is 0 Å². The van der Waals surface area contributed by atoms with Gasteiger partial charge in [-0.2, -0.15) is 0 Å². The third-order valence-corrected chi connectivity index (χ3v) is 5.95. The van der Waals surface area contributed by atoms with Crippen LogP contribution in [0.4, 0.5) is 0 Å². The van der Waals surface area contributed by atoms with Gasteiger partial charge in [0.15, 0.2) is 0 Å². The Labute approximate surface area is 140 Å². The molecule has 0 heterocycles. The fourth-order valence-corrected chi connectivity index (χ4v) is 4.53. The molecule has 0 N–H and O–H groups in total. The van der Waals surface area contributed by atoms with Crippen LogP contribution in [0.3, 0.4) is 0 Å². The Bertz CT molecular complexity index is 437. The quantitative estimate of drug-likeness (QED) is 0.457. The van der Waals surface area contributed by atoms with E-state index in [4.69, 9.17) is 4.74 Å². The number of hydrogen-bond donors (Lipinski definition) is 0. The molecule has 1 atom stereocenters. The lowest BCUT2D eigenvalue weighted by Crippen LogP contribution is -2.11. The molecule has 0 aliphatic carbocycles. The van der Waals surface area contributed by atoms with Crippen LogP contribution >= 0.6 is 31.9 Å². The molecule has 1 rings (SSSR count). The normalized spacial score (nSPS) is 12.8. The van der Waals surface area contributed by atoms with Crippen molar-refractivity contribution in [1.29, 1.82) is 0 Å². The van der Waals surface area contributed by atoms with Crippen molar-refractivity contribution in [3.05, 3.63) is 27.2 Å². The average molecular weight is 406 g/mol. The van der Waals surface area contributed by atoms with E-state index in [9.17, 15) is 0 Å².